The maximum atomic E-state index is 14.1. The number of methoxy groups -OCH3 is 3. The third-order valence-electron chi connectivity index (χ3n) is 10.3. The molecule has 0 spiro atoms. The summed E-state index contributed by atoms with van der Waals surface area (Å²) < 4.78 is 28.1. The van der Waals surface area contributed by atoms with Crippen molar-refractivity contribution in [3.63, 3.8) is 0 Å². The minimum absolute atomic E-state index is 0.00808. The lowest BCUT2D eigenvalue weighted by Gasteiger charge is -2.39. The first-order valence-electron chi connectivity index (χ1n) is 18.9. The number of allylic oxidation sites excluding steroid dienone is 4. The van der Waals surface area contributed by atoms with Crippen molar-refractivity contribution in [2.75, 3.05) is 21.3 Å². The van der Waals surface area contributed by atoms with Crippen molar-refractivity contribution in [2.45, 2.75) is 109 Å². The zero-order valence-electron chi connectivity index (χ0n) is 33.9. The van der Waals surface area contributed by atoms with Gasteiger partial charge in [0.05, 0.1) is 56.0 Å². The molecule has 2 amide bonds. The number of rotatable bonds is 9. The van der Waals surface area contributed by atoms with Crippen molar-refractivity contribution in [3.8, 4) is 0 Å². The smallest absolute Gasteiger partial charge is 0.405 e. The summed E-state index contributed by atoms with van der Waals surface area (Å²) in [7, 11) is 3.98. The van der Waals surface area contributed by atoms with Gasteiger partial charge in [0.25, 0.3) is 5.91 Å². The van der Waals surface area contributed by atoms with Crippen LogP contribution < -0.4 is 16.4 Å². The molecule has 324 valence electrons. The fourth-order valence-corrected chi connectivity index (χ4v) is 7.04. The average molecular weight is 831 g/mol. The first kappa shape index (κ1) is 46.6. The number of primary amides is 1. The van der Waals surface area contributed by atoms with Gasteiger partial charge in [-0.2, -0.15) is 0 Å². The molecule has 1 aromatic heterocycles. The number of hydrogen-bond donors (Lipinski definition) is 7. The van der Waals surface area contributed by atoms with Crippen molar-refractivity contribution < 1.29 is 68.1 Å². The molecular weight excluding hydrogens is 776 g/mol. The Balaban J connectivity index is 1.66. The van der Waals surface area contributed by atoms with Crippen LogP contribution in [0.1, 0.15) is 58.9 Å². The highest BCUT2D eigenvalue weighted by Crippen LogP contribution is 2.31. The number of Topliss-reactive ketones (excluding diaryl/α,β-unsaturated/α-hetero) is 1. The number of nitrogens with two attached hydrogens (primary N) is 1. The molecule has 2 bridgehead atoms. The number of carbonyl (C=O) groups is 5. The molecule has 2 aliphatic heterocycles. The molecule has 1 saturated heterocycles. The molecule has 20 heteroatoms. The van der Waals surface area contributed by atoms with E-state index >= 15 is 0 Å². The zero-order valence-corrected chi connectivity index (χ0v) is 33.9. The van der Waals surface area contributed by atoms with Crippen LogP contribution in [-0.4, -0.2) is 135 Å². The van der Waals surface area contributed by atoms with Crippen LogP contribution >= 0.6 is 0 Å². The third-order valence-corrected chi connectivity index (χ3v) is 10.3. The fourth-order valence-electron chi connectivity index (χ4n) is 7.04. The van der Waals surface area contributed by atoms with Crippen LogP contribution in [0.5, 0.6) is 0 Å². The van der Waals surface area contributed by atoms with Crippen molar-refractivity contribution in [2.24, 2.45) is 17.6 Å². The summed E-state index contributed by atoms with van der Waals surface area (Å²) in [5.74, 6) is -3.57. The number of hydrogen-bond acceptors (Lipinski definition) is 17. The van der Waals surface area contributed by atoms with Gasteiger partial charge in [-0.1, -0.05) is 43.4 Å². The molecule has 1 aromatic rings. The number of fused-ring (bicyclic) bond motifs is 2. The van der Waals surface area contributed by atoms with E-state index in [1.54, 1.807) is 26.0 Å². The molecule has 3 heterocycles. The number of amides is 2. The highest BCUT2D eigenvalue weighted by Gasteiger charge is 2.46. The lowest BCUT2D eigenvalue weighted by Crippen LogP contribution is -2.56. The number of ketones is 2. The average Bonchev–Trinajstić information content (AvgIpc) is 3.67. The van der Waals surface area contributed by atoms with Crippen LogP contribution in [0.15, 0.2) is 64.7 Å². The number of aliphatic hydroxyl groups is 4. The number of carbonyl (C=O) groups excluding carboxylic acids is 5. The third kappa shape index (κ3) is 11.6. The molecule has 1 fully saturated rings. The Morgan fingerprint density at radius 3 is 2.39 bits per heavy atom. The Labute approximate surface area is 340 Å². The Morgan fingerprint density at radius 1 is 1.03 bits per heavy atom. The number of aliphatic hydroxyl groups excluding tert-OH is 4. The highest BCUT2D eigenvalue weighted by molar-refractivity contribution is 6.23. The van der Waals surface area contributed by atoms with Gasteiger partial charge in [0, 0.05) is 37.4 Å². The standard InChI is InChI=1S/C39H54N6O14/c1-18-11-23-30(41-16-22-17-45(44-43-22)38-35(52)34(51)33(50)28(58-38)15-29(47)57-7)25(46)14-24(32(23)49)42-37(53)19(2)9-8-10-26(55-5)36(59-39(40)54)21(4)13-20(3)31(48)27(12-18)56-6/h8-10,13-14,17-18,20,26-28,31,33-36,38,41,48,50-52H,11-12,15-16H2,1-7H3,(H2,40,54)(H,42,53)/b10-8-,19-9+,21-13+/t18-,20+,26+,27+,28-,31-,33-,34+,35-,36+,38-/m1/s1. The predicted molar refractivity (Wildman–Crippen MR) is 205 cm³/mol. The Morgan fingerprint density at radius 2 is 1.75 bits per heavy atom. The minimum atomic E-state index is -1.70. The fraction of sp³-hybridized carbons (Fsp3) is 0.564. The second-order valence-corrected chi connectivity index (χ2v) is 14.8. The number of ether oxygens (including phenoxy) is 5. The molecule has 0 saturated carbocycles. The highest BCUT2D eigenvalue weighted by atomic mass is 16.6. The zero-order chi connectivity index (χ0) is 43.7. The van der Waals surface area contributed by atoms with Gasteiger partial charge in [0.15, 0.2) is 12.3 Å². The van der Waals surface area contributed by atoms with E-state index in [9.17, 15) is 44.4 Å². The van der Waals surface area contributed by atoms with Crippen LogP contribution in [0.4, 0.5) is 4.79 Å². The van der Waals surface area contributed by atoms with Gasteiger partial charge in [0.1, 0.15) is 30.1 Å². The van der Waals surface area contributed by atoms with E-state index in [1.165, 1.54) is 39.5 Å². The first-order chi connectivity index (χ1) is 27.9. The number of esters is 1. The van der Waals surface area contributed by atoms with Gasteiger partial charge in [-0.05, 0) is 38.2 Å². The van der Waals surface area contributed by atoms with Gasteiger partial charge in [-0.25, -0.2) is 9.48 Å². The molecule has 59 heavy (non-hydrogen) atoms. The topological polar surface area (TPSA) is 293 Å². The van der Waals surface area contributed by atoms with Gasteiger partial charge in [-0.3, -0.25) is 19.2 Å². The molecule has 3 aliphatic rings. The quantitative estimate of drug-likeness (QED) is 0.0954. The van der Waals surface area contributed by atoms with Gasteiger partial charge in [0.2, 0.25) is 11.6 Å². The molecule has 0 unspecified atom stereocenters. The second-order valence-electron chi connectivity index (χ2n) is 14.8. The molecule has 0 aromatic carbocycles. The number of aromatic nitrogens is 3. The van der Waals surface area contributed by atoms with Gasteiger partial charge in [-0.15, -0.1) is 5.10 Å². The van der Waals surface area contributed by atoms with E-state index in [4.69, 9.17) is 24.7 Å². The monoisotopic (exact) mass is 830 g/mol. The number of nitrogens with one attached hydrogen (secondary N) is 2. The number of nitrogens with zero attached hydrogens (tertiary/aromatic N) is 3. The van der Waals surface area contributed by atoms with Crippen LogP contribution in [0, 0.1) is 11.8 Å². The van der Waals surface area contributed by atoms with Crippen LogP contribution in [-0.2, 0) is 49.4 Å². The summed E-state index contributed by atoms with van der Waals surface area (Å²) in [5, 5.41) is 56.5. The van der Waals surface area contributed by atoms with Gasteiger partial charge < -0.3 is 60.5 Å². The Hall–Kier alpha value is -5.09. The molecule has 8 N–H and O–H groups in total. The van der Waals surface area contributed by atoms with E-state index in [0.29, 0.717) is 5.57 Å². The van der Waals surface area contributed by atoms with Crippen molar-refractivity contribution >= 4 is 29.5 Å². The molecule has 20 nitrogen and oxygen atoms in total. The second kappa shape index (κ2) is 20.7. The summed E-state index contributed by atoms with van der Waals surface area (Å²) in [6.07, 6.45) is -3.91. The Bertz CT molecular complexity index is 1890. The Kier molecular flexibility index (Phi) is 16.4. The summed E-state index contributed by atoms with van der Waals surface area (Å²) in [5.41, 5.74) is 5.98. The largest absolute Gasteiger partial charge is 0.469 e. The van der Waals surface area contributed by atoms with Crippen LogP contribution in [0.2, 0.25) is 0 Å². The van der Waals surface area contributed by atoms with E-state index in [0.717, 1.165) is 17.9 Å². The van der Waals surface area contributed by atoms with Crippen molar-refractivity contribution in [1.82, 2.24) is 25.6 Å². The molecule has 0 radical (unpaired) electrons. The summed E-state index contributed by atoms with van der Waals surface area (Å²) >= 11 is 0. The molecule has 1 aliphatic carbocycles. The van der Waals surface area contributed by atoms with Crippen LogP contribution in [0.25, 0.3) is 0 Å². The van der Waals surface area contributed by atoms with E-state index in [-0.39, 0.29) is 53.5 Å². The van der Waals surface area contributed by atoms with Crippen molar-refractivity contribution in [1.29, 1.82) is 0 Å². The van der Waals surface area contributed by atoms with Crippen molar-refractivity contribution in [3.05, 3.63) is 70.4 Å². The van der Waals surface area contributed by atoms with E-state index in [2.05, 4.69) is 25.7 Å². The normalized spacial score (nSPS) is 33.8. The first-order valence-corrected chi connectivity index (χ1v) is 18.9. The summed E-state index contributed by atoms with van der Waals surface area (Å²) in [6.45, 7) is 6.59. The summed E-state index contributed by atoms with van der Waals surface area (Å²) in [4.78, 5) is 64.9. The van der Waals surface area contributed by atoms with E-state index < -0.39 is 96.9 Å². The SMILES string of the molecule is COC(=O)C[C@H]1O[C@@H](n2cc(CNC3=C4C[C@@H](C)C[C@H](OC)[C@H](O)[C@@H](C)/C=C(\C)[C@H](OC(N)=O)[C@@H](OC)/C=C\C=C(/C)C(=O)NC(=CC3=O)C4=O)nn2)[C@H](O)[C@@H](O)[C@@H]1O. The summed E-state index contributed by atoms with van der Waals surface area (Å²) in [6, 6.07) is 0. The molecular formula is C39H54N6O14. The van der Waals surface area contributed by atoms with Gasteiger partial charge >= 0.3 is 12.1 Å². The predicted octanol–water partition coefficient (Wildman–Crippen LogP) is -0.313. The molecule has 11 atom stereocenters. The minimum Gasteiger partial charge on any atom is -0.469 e. The van der Waals surface area contributed by atoms with E-state index in [1.807, 2.05) is 6.92 Å². The maximum absolute atomic E-state index is 14.1. The lowest BCUT2D eigenvalue weighted by atomic mass is 9.85. The maximum Gasteiger partial charge on any atom is 0.405 e. The molecule has 4 rings (SSSR count). The lowest BCUT2D eigenvalue weighted by molar-refractivity contribution is -0.249. The van der Waals surface area contributed by atoms with Crippen LogP contribution in [0.3, 0.4) is 0 Å².